The molecule has 1 atom stereocenters. The van der Waals surface area contributed by atoms with Crippen molar-refractivity contribution in [2.75, 3.05) is 0 Å². The summed E-state index contributed by atoms with van der Waals surface area (Å²) in [6, 6.07) is 0. The molecule has 0 spiro atoms. The molecule has 0 aromatic rings. The van der Waals surface area contributed by atoms with Crippen LogP contribution in [0.3, 0.4) is 0 Å². The molecule has 0 amide bonds. The SMILES string of the molecule is C.C.CCC[C@@H](C)O. The summed E-state index contributed by atoms with van der Waals surface area (Å²) in [7, 11) is 0. The van der Waals surface area contributed by atoms with Crippen LogP contribution in [0.1, 0.15) is 41.5 Å². The van der Waals surface area contributed by atoms with Gasteiger partial charge in [0, 0.05) is 0 Å². The summed E-state index contributed by atoms with van der Waals surface area (Å²) in [5.74, 6) is 0. The molecule has 1 N–H and O–H groups in total. The second-order valence-corrected chi connectivity index (χ2v) is 1.64. The number of aliphatic hydroxyl groups excluding tert-OH is 1. The molecule has 54 valence electrons. The van der Waals surface area contributed by atoms with Gasteiger partial charge in [0.05, 0.1) is 6.10 Å². The van der Waals surface area contributed by atoms with Gasteiger partial charge in [-0.05, 0) is 13.3 Å². The predicted octanol–water partition coefficient (Wildman–Crippen LogP) is 2.44. The van der Waals surface area contributed by atoms with E-state index in [-0.39, 0.29) is 21.0 Å². The largest absolute Gasteiger partial charge is 0.393 e. The minimum Gasteiger partial charge on any atom is -0.393 e. The highest BCUT2D eigenvalue weighted by Crippen LogP contribution is 1.91. The summed E-state index contributed by atoms with van der Waals surface area (Å²) < 4.78 is 0. The monoisotopic (exact) mass is 120 g/mol. The maximum absolute atomic E-state index is 8.55. The van der Waals surface area contributed by atoms with Crippen molar-refractivity contribution in [1.82, 2.24) is 0 Å². The number of aliphatic hydroxyl groups is 1. The number of hydrogen-bond acceptors (Lipinski definition) is 1. The molecule has 1 nitrogen and oxygen atoms in total. The lowest BCUT2D eigenvalue weighted by atomic mass is 10.2. The van der Waals surface area contributed by atoms with Gasteiger partial charge in [-0.25, -0.2) is 0 Å². The minimum atomic E-state index is -0.102. The summed E-state index contributed by atoms with van der Waals surface area (Å²) in [6.45, 7) is 3.87. The molecule has 0 fully saturated rings. The molecule has 0 aliphatic rings. The molecule has 0 bridgehead atoms. The molecule has 0 saturated heterocycles. The van der Waals surface area contributed by atoms with Gasteiger partial charge in [-0.1, -0.05) is 28.2 Å². The molecule has 0 aromatic carbocycles. The van der Waals surface area contributed by atoms with Crippen molar-refractivity contribution in [3.8, 4) is 0 Å². The molecular weight excluding hydrogens is 100 g/mol. The summed E-state index contributed by atoms with van der Waals surface area (Å²) in [6.07, 6.45) is 1.91. The van der Waals surface area contributed by atoms with E-state index in [1.807, 2.05) is 6.92 Å². The third kappa shape index (κ3) is 16.7. The molecular formula is C7H20O. The Morgan fingerprint density at radius 3 is 1.75 bits per heavy atom. The summed E-state index contributed by atoms with van der Waals surface area (Å²) in [4.78, 5) is 0. The van der Waals surface area contributed by atoms with Crippen LogP contribution in [0, 0.1) is 0 Å². The maximum Gasteiger partial charge on any atom is 0.0512 e. The van der Waals surface area contributed by atoms with Crippen LogP contribution in [0.5, 0.6) is 0 Å². The molecule has 0 aliphatic carbocycles. The zero-order chi connectivity index (χ0) is 4.99. The third-order valence-electron chi connectivity index (χ3n) is 0.706. The van der Waals surface area contributed by atoms with Gasteiger partial charge in [-0.3, -0.25) is 0 Å². The van der Waals surface area contributed by atoms with Gasteiger partial charge in [0.2, 0.25) is 0 Å². The molecule has 0 saturated carbocycles. The van der Waals surface area contributed by atoms with Crippen molar-refractivity contribution in [1.29, 1.82) is 0 Å². The average Bonchev–Trinajstić information content (AvgIpc) is 1.35. The van der Waals surface area contributed by atoms with Crippen molar-refractivity contribution in [3.63, 3.8) is 0 Å². The van der Waals surface area contributed by atoms with Crippen LogP contribution in [0.4, 0.5) is 0 Å². The van der Waals surface area contributed by atoms with E-state index in [1.165, 1.54) is 0 Å². The lowest BCUT2D eigenvalue weighted by Gasteiger charge is -1.95. The van der Waals surface area contributed by atoms with Gasteiger partial charge in [0.1, 0.15) is 0 Å². The van der Waals surface area contributed by atoms with Crippen LogP contribution in [0.2, 0.25) is 0 Å². The Morgan fingerprint density at radius 2 is 1.75 bits per heavy atom. The predicted molar refractivity (Wildman–Crippen MR) is 40.1 cm³/mol. The summed E-state index contributed by atoms with van der Waals surface area (Å²) >= 11 is 0. The Balaban J connectivity index is -0.000000125. The Labute approximate surface area is 53.7 Å². The van der Waals surface area contributed by atoms with Crippen LogP contribution >= 0.6 is 0 Å². The highest BCUT2D eigenvalue weighted by Gasteiger charge is 1.87. The fourth-order valence-electron chi connectivity index (χ4n) is 0.418. The molecule has 0 heterocycles. The van der Waals surface area contributed by atoms with Crippen molar-refractivity contribution >= 4 is 0 Å². The van der Waals surface area contributed by atoms with E-state index < -0.39 is 0 Å². The number of hydrogen-bond donors (Lipinski definition) is 1. The van der Waals surface area contributed by atoms with Crippen LogP contribution in [-0.2, 0) is 0 Å². The maximum atomic E-state index is 8.55. The lowest BCUT2D eigenvalue weighted by molar-refractivity contribution is 0.183. The quantitative estimate of drug-likeness (QED) is 0.593. The standard InChI is InChI=1S/C5H12O.2CH4/c1-3-4-5(2)6;;/h5-6H,3-4H2,1-2H3;2*1H4/t5-;;/m1../s1. The van der Waals surface area contributed by atoms with Crippen molar-refractivity contribution < 1.29 is 5.11 Å². The van der Waals surface area contributed by atoms with Gasteiger partial charge < -0.3 is 5.11 Å². The molecule has 0 radical (unpaired) electrons. The smallest absolute Gasteiger partial charge is 0.0512 e. The Hall–Kier alpha value is -0.0400. The second kappa shape index (κ2) is 10.0. The molecule has 0 rings (SSSR count). The Morgan fingerprint density at radius 1 is 1.38 bits per heavy atom. The molecule has 1 heteroatoms. The van der Waals surface area contributed by atoms with E-state index in [0.29, 0.717) is 0 Å². The van der Waals surface area contributed by atoms with Gasteiger partial charge >= 0.3 is 0 Å². The zero-order valence-electron chi connectivity index (χ0n) is 4.44. The van der Waals surface area contributed by atoms with E-state index in [9.17, 15) is 0 Å². The first kappa shape index (κ1) is 15.7. The fourth-order valence-corrected chi connectivity index (χ4v) is 0.418. The third-order valence-corrected chi connectivity index (χ3v) is 0.706. The van der Waals surface area contributed by atoms with E-state index in [1.54, 1.807) is 0 Å². The highest BCUT2D eigenvalue weighted by atomic mass is 16.3. The van der Waals surface area contributed by atoms with Gasteiger partial charge in [-0.2, -0.15) is 0 Å². The Kier molecular flexibility index (Phi) is 19.7. The lowest BCUT2D eigenvalue weighted by Crippen LogP contribution is -1.95. The van der Waals surface area contributed by atoms with E-state index >= 15 is 0 Å². The number of rotatable bonds is 2. The molecule has 0 unspecified atom stereocenters. The molecule has 0 aliphatic heterocycles. The average molecular weight is 120 g/mol. The fraction of sp³-hybridized carbons (Fsp3) is 1.00. The van der Waals surface area contributed by atoms with Crippen molar-refractivity contribution in [3.05, 3.63) is 0 Å². The summed E-state index contributed by atoms with van der Waals surface area (Å²) in [5, 5.41) is 8.55. The van der Waals surface area contributed by atoms with Gasteiger partial charge in [0.25, 0.3) is 0 Å². The van der Waals surface area contributed by atoms with E-state index in [2.05, 4.69) is 6.92 Å². The minimum absolute atomic E-state index is 0. The van der Waals surface area contributed by atoms with Crippen LogP contribution in [0.15, 0.2) is 0 Å². The van der Waals surface area contributed by atoms with Crippen LogP contribution in [-0.4, -0.2) is 11.2 Å². The van der Waals surface area contributed by atoms with Crippen molar-refractivity contribution in [2.45, 2.75) is 47.6 Å². The first-order chi connectivity index (χ1) is 2.77. The van der Waals surface area contributed by atoms with Gasteiger partial charge in [0.15, 0.2) is 0 Å². The van der Waals surface area contributed by atoms with Crippen LogP contribution < -0.4 is 0 Å². The summed E-state index contributed by atoms with van der Waals surface area (Å²) in [5.41, 5.74) is 0. The highest BCUT2D eigenvalue weighted by molar-refractivity contribution is 4.40. The molecule has 8 heavy (non-hydrogen) atoms. The normalized spacial score (nSPS) is 10.9. The van der Waals surface area contributed by atoms with E-state index in [0.717, 1.165) is 12.8 Å². The second-order valence-electron chi connectivity index (χ2n) is 1.64. The Bertz CT molecular complexity index is 25.6. The first-order valence-electron chi connectivity index (χ1n) is 2.45. The zero-order valence-corrected chi connectivity index (χ0v) is 4.44. The van der Waals surface area contributed by atoms with Crippen LogP contribution in [0.25, 0.3) is 0 Å². The molecule has 0 aromatic heterocycles. The topological polar surface area (TPSA) is 20.2 Å². The van der Waals surface area contributed by atoms with E-state index in [4.69, 9.17) is 5.11 Å². The first-order valence-corrected chi connectivity index (χ1v) is 2.45. The van der Waals surface area contributed by atoms with Crippen molar-refractivity contribution in [2.24, 2.45) is 0 Å². The van der Waals surface area contributed by atoms with Gasteiger partial charge in [-0.15, -0.1) is 0 Å².